The second kappa shape index (κ2) is 8.73. The van der Waals surface area contributed by atoms with Gasteiger partial charge in [-0.1, -0.05) is 39.8 Å². The lowest BCUT2D eigenvalue weighted by molar-refractivity contribution is 0.446. The molecule has 0 aliphatic carbocycles. The van der Waals surface area contributed by atoms with Gasteiger partial charge in [-0.15, -0.1) is 0 Å². The van der Waals surface area contributed by atoms with E-state index < -0.39 is 28.6 Å². The first-order valence-electron chi connectivity index (χ1n) is 10.0. The monoisotopic (exact) mass is 541 g/mol. The Balaban J connectivity index is 1.79. The molecule has 1 N–H and O–H groups in total. The highest BCUT2D eigenvalue weighted by atomic mass is 79.9. The molecule has 0 radical (unpaired) electrons. The maximum atomic E-state index is 13.8. The summed E-state index contributed by atoms with van der Waals surface area (Å²) in [5.74, 6) is -1.41. The van der Waals surface area contributed by atoms with E-state index in [2.05, 4.69) is 15.9 Å². The molecule has 0 bridgehead atoms. The standard InChI is InChI=1S/C25H14BrF2NO4S/c26-14-4-9-19-18(11-14)22-20(24(31)29(19)12-13-2-1-3-16(28)10-13)21(30)23(25(32)33-22)34-17-7-5-15(27)6-8-17/h1-11,30H,12H2. The lowest BCUT2D eigenvalue weighted by Crippen LogP contribution is -2.23. The molecule has 5 nitrogen and oxygen atoms in total. The van der Waals surface area contributed by atoms with Crippen LogP contribution in [0.25, 0.3) is 21.9 Å². The van der Waals surface area contributed by atoms with Crippen molar-refractivity contribution in [3.05, 3.63) is 109 Å². The Kier molecular flexibility index (Phi) is 5.75. The van der Waals surface area contributed by atoms with Gasteiger partial charge in [-0.25, -0.2) is 13.6 Å². The highest BCUT2D eigenvalue weighted by Crippen LogP contribution is 2.37. The van der Waals surface area contributed by atoms with E-state index in [9.17, 15) is 23.5 Å². The first kappa shape index (κ1) is 22.4. The first-order valence-corrected chi connectivity index (χ1v) is 11.6. The average molecular weight is 542 g/mol. The van der Waals surface area contributed by atoms with Crippen LogP contribution in [0.1, 0.15) is 5.56 Å². The van der Waals surface area contributed by atoms with Gasteiger partial charge in [0.15, 0.2) is 11.3 Å². The van der Waals surface area contributed by atoms with Gasteiger partial charge in [0.1, 0.15) is 21.9 Å². The maximum Gasteiger partial charge on any atom is 0.354 e. The lowest BCUT2D eigenvalue weighted by atomic mass is 10.1. The van der Waals surface area contributed by atoms with Gasteiger partial charge < -0.3 is 14.1 Å². The molecule has 34 heavy (non-hydrogen) atoms. The Hall–Kier alpha value is -3.43. The minimum absolute atomic E-state index is 0.0314. The molecule has 9 heteroatoms. The van der Waals surface area contributed by atoms with Crippen molar-refractivity contribution in [3.63, 3.8) is 0 Å². The fourth-order valence-electron chi connectivity index (χ4n) is 3.75. The van der Waals surface area contributed by atoms with Crippen LogP contribution in [0, 0.1) is 11.6 Å². The minimum atomic E-state index is -0.831. The lowest BCUT2D eigenvalue weighted by Gasteiger charge is -2.14. The highest BCUT2D eigenvalue weighted by Gasteiger charge is 2.22. The number of aromatic hydroxyl groups is 1. The van der Waals surface area contributed by atoms with Crippen LogP contribution in [-0.4, -0.2) is 9.67 Å². The number of nitrogens with zero attached hydrogens (tertiary/aromatic N) is 1. The molecule has 0 saturated heterocycles. The number of hydrogen-bond acceptors (Lipinski definition) is 5. The van der Waals surface area contributed by atoms with Crippen LogP contribution >= 0.6 is 27.7 Å². The van der Waals surface area contributed by atoms with Crippen LogP contribution in [0.2, 0.25) is 0 Å². The van der Waals surface area contributed by atoms with Gasteiger partial charge in [0.2, 0.25) is 0 Å². The molecule has 170 valence electrons. The molecule has 0 amide bonds. The van der Waals surface area contributed by atoms with E-state index in [-0.39, 0.29) is 22.4 Å². The number of hydrogen-bond donors (Lipinski definition) is 1. The van der Waals surface area contributed by atoms with Gasteiger partial charge in [-0.2, -0.15) is 0 Å². The van der Waals surface area contributed by atoms with Crippen LogP contribution in [0.4, 0.5) is 8.78 Å². The summed E-state index contributed by atoms with van der Waals surface area (Å²) in [6.07, 6.45) is 0. The predicted octanol–water partition coefficient (Wildman–Crippen LogP) is 6.05. The fraction of sp³-hybridized carbons (Fsp3) is 0.0400. The van der Waals surface area contributed by atoms with E-state index in [0.717, 1.165) is 11.8 Å². The zero-order chi connectivity index (χ0) is 24.0. The molecule has 0 unspecified atom stereocenters. The molecule has 3 aromatic carbocycles. The Bertz CT molecular complexity index is 1700. The fourth-order valence-corrected chi connectivity index (χ4v) is 4.94. The molecule has 0 saturated carbocycles. The van der Waals surface area contributed by atoms with E-state index in [1.54, 1.807) is 30.3 Å². The zero-order valence-corrected chi connectivity index (χ0v) is 19.6. The number of rotatable bonds is 4. The van der Waals surface area contributed by atoms with Crippen LogP contribution in [0.3, 0.4) is 0 Å². The van der Waals surface area contributed by atoms with Gasteiger partial charge in [-0.3, -0.25) is 4.79 Å². The van der Waals surface area contributed by atoms with Crippen LogP contribution in [0.15, 0.2) is 95.0 Å². The molecule has 0 aliphatic heterocycles. The molecule has 5 rings (SSSR count). The third-order valence-electron chi connectivity index (χ3n) is 5.28. The Morgan fingerprint density at radius 2 is 1.74 bits per heavy atom. The maximum absolute atomic E-state index is 13.8. The third kappa shape index (κ3) is 4.01. The summed E-state index contributed by atoms with van der Waals surface area (Å²) in [6, 6.07) is 16.3. The van der Waals surface area contributed by atoms with E-state index in [1.807, 2.05) is 0 Å². The van der Waals surface area contributed by atoms with Crippen LogP contribution in [-0.2, 0) is 6.54 Å². The van der Waals surface area contributed by atoms with Gasteiger partial charge in [0.05, 0.1) is 12.1 Å². The van der Waals surface area contributed by atoms with Gasteiger partial charge in [0.25, 0.3) is 5.56 Å². The van der Waals surface area contributed by atoms with E-state index in [4.69, 9.17) is 4.42 Å². The first-order chi connectivity index (χ1) is 16.3. The van der Waals surface area contributed by atoms with Crippen molar-refractivity contribution < 1.29 is 18.3 Å². The molecule has 0 atom stereocenters. The molecule has 2 aromatic heterocycles. The minimum Gasteiger partial charge on any atom is -0.505 e. The molecule has 0 fully saturated rings. The number of benzene rings is 3. The number of halogens is 3. The normalized spacial score (nSPS) is 11.4. The summed E-state index contributed by atoms with van der Waals surface area (Å²) < 4.78 is 34.6. The largest absolute Gasteiger partial charge is 0.505 e. The van der Waals surface area contributed by atoms with Crippen molar-refractivity contribution in [2.75, 3.05) is 0 Å². The summed E-state index contributed by atoms with van der Waals surface area (Å²) in [5, 5.41) is 11.3. The van der Waals surface area contributed by atoms with Crippen LogP contribution < -0.4 is 11.2 Å². The predicted molar refractivity (Wildman–Crippen MR) is 130 cm³/mol. The van der Waals surface area contributed by atoms with Crippen molar-refractivity contribution in [3.8, 4) is 5.75 Å². The van der Waals surface area contributed by atoms with Crippen molar-refractivity contribution >= 4 is 49.6 Å². The van der Waals surface area contributed by atoms with Gasteiger partial charge in [-0.05, 0) is 60.2 Å². The molecule has 0 aliphatic rings. The summed E-state index contributed by atoms with van der Waals surface area (Å²) in [7, 11) is 0. The van der Waals surface area contributed by atoms with Crippen molar-refractivity contribution in [2.24, 2.45) is 0 Å². The summed E-state index contributed by atoms with van der Waals surface area (Å²) >= 11 is 4.25. The second-order valence-electron chi connectivity index (χ2n) is 7.51. The number of pyridine rings is 1. The smallest absolute Gasteiger partial charge is 0.354 e. The average Bonchev–Trinajstić information content (AvgIpc) is 2.80. The van der Waals surface area contributed by atoms with E-state index in [1.165, 1.54) is 41.0 Å². The quantitative estimate of drug-likeness (QED) is 0.280. The van der Waals surface area contributed by atoms with Gasteiger partial charge >= 0.3 is 5.63 Å². The molecular weight excluding hydrogens is 528 g/mol. The van der Waals surface area contributed by atoms with E-state index >= 15 is 0 Å². The number of aromatic nitrogens is 1. The van der Waals surface area contributed by atoms with Crippen molar-refractivity contribution in [2.45, 2.75) is 16.3 Å². The molecule has 5 aromatic rings. The molecule has 2 heterocycles. The van der Waals surface area contributed by atoms with Gasteiger partial charge in [0, 0.05) is 14.8 Å². The molecular formula is C25H14BrF2NO4S. The molecule has 0 spiro atoms. The summed E-state index contributed by atoms with van der Waals surface area (Å²) in [4.78, 5) is 26.7. The summed E-state index contributed by atoms with van der Waals surface area (Å²) in [5.41, 5.74) is -0.489. The number of fused-ring (bicyclic) bond motifs is 3. The highest BCUT2D eigenvalue weighted by molar-refractivity contribution is 9.10. The topological polar surface area (TPSA) is 72.4 Å². The Morgan fingerprint density at radius 3 is 2.47 bits per heavy atom. The van der Waals surface area contributed by atoms with Crippen molar-refractivity contribution in [1.82, 2.24) is 4.57 Å². The zero-order valence-electron chi connectivity index (χ0n) is 17.2. The Labute approximate surface area is 203 Å². The Morgan fingerprint density at radius 1 is 0.971 bits per heavy atom. The third-order valence-corrected chi connectivity index (χ3v) is 6.84. The summed E-state index contributed by atoms with van der Waals surface area (Å²) in [6.45, 7) is 0.0314. The second-order valence-corrected chi connectivity index (χ2v) is 9.51. The van der Waals surface area contributed by atoms with E-state index in [0.29, 0.717) is 25.8 Å². The van der Waals surface area contributed by atoms with Crippen LogP contribution in [0.5, 0.6) is 5.75 Å². The van der Waals surface area contributed by atoms with Crippen molar-refractivity contribution in [1.29, 1.82) is 0 Å². The SMILES string of the molecule is O=c1oc2c(c(O)c1Sc1ccc(F)cc1)c(=O)n(Cc1cccc(F)c1)c1ccc(Br)cc21.